The molecule has 0 saturated carbocycles. The second-order valence-corrected chi connectivity index (χ2v) is 4.68. The van der Waals surface area contributed by atoms with Crippen molar-refractivity contribution in [1.29, 1.82) is 0 Å². The van der Waals surface area contributed by atoms with Gasteiger partial charge >= 0.3 is 0 Å². The molecule has 0 bridgehead atoms. The minimum atomic E-state index is -1.09. The van der Waals surface area contributed by atoms with E-state index in [2.05, 4.69) is 0 Å². The molecule has 2 nitrogen and oxygen atoms in total. The highest BCUT2D eigenvalue weighted by Gasteiger charge is 2.30. The molecule has 0 aromatic heterocycles. The Morgan fingerprint density at radius 1 is 1.12 bits per heavy atom. The topological polar surface area (TPSA) is 40.5 Å². The van der Waals surface area contributed by atoms with E-state index in [0.717, 1.165) is 16.3 Å². The lowest BCUT2D eigenvalue weighted by atomic mass is 9.88. The van der Waals surface area contributed by atoms with Gasteiger partial charge in [0.2, 0.25) is 0 Å². The summed E-state index contributed by atoms with van der Waals surface area (Å²) in [5, 5.41) is 22.5. The molecule has 0 amide bonds. The van der Waals surface area contributed by atoms with Crippen LogP contribution >= 0.6 is 0 Å². The first-order chi connectivity index (χ1) is 8.06. The monoisotopic (exact) mass is 230 g/mol. The minimum Gasteiger partial charge on any atom is -0.387 e. The number of hydrogen-bond donors (Lipinski definition) is 2. The van der Waals surface area contributed by atoms with Crippen molar-refractivity contribution in [2.45, 2.75) is 32.0 Å². The number of benzene rings is 2. The van der Waals surface area contributed by atoms with Crippen LogP contribution in [0.5, 0.6) is 0 Å². The van der Waals surface area contributed by atoms with Crippen molar-refractivity contribution < 1.29 is 10.2 Å². The first-order valence-electron chi connectivity index (χ1n) is 5.94. The lowest BCUT2D eigenvalue weighted by Crippen LogP contribution is -2.31. The zero-order chi connectivity index (χ0) is 12.5. The van der Waals surface area contributed by atoms with Gasteiger partial charge in [-0.25, -0.2) is 0 Å². The molecule has 2 atom stereocenters. The summed E-state index contributed by atoms with van der Waals surface area (Å²) in [4.78, 5) is 0. The van der Waals surface area contributed by atoms with Gasteiger partial charge in [-0.15, -0.1) is 0 Å². The van der Waals surface area contributed by atoms with Gasteiger partial charge in [0.05, 0.1) is 5.60 Å². The zero-order valence-corrected chi connectivity index (χ0v) is 10.2. The summed E-state index contributed by atoms with van der Waals surface area (Å²) in [7, 11) is 0. The quantitative estimate of drug-likeness (QED) is 0.850. The third kappa shape index (κ3) is 2.19. The van der Waals surface area contributed by atoms with Crippen LogP contribution in [-0.2, 0) is 0 Å². The van der Waals surface area contributed by atoms with Crippen molar-refractivity contribution in [2.24, 2.45) is 0 Å². The van der Waals surface area contributed by atoms with Crippen molar-refractivity contribution in [3.63, 3.8) is 0 Å². The van der Waals surface area contributed by atoms with E-state index in [1.807, 2.05) is 49.4 Å². The number of aliphatic hydroxyl groups excluding tert-OH is 1. The van der Waals surface area contributed by atoms with E-state index < -0.39 is 11.7 Å². The Bertz CT molecular complexity index is 512. The van der Waals surface area contributed by atoms with Crippen LogP contribution in [0.15, 0.2) is 42.5 Å². The van der Waals surface area contributed by atoms with Gasteiger partial charge in [0.1, 0.15) is 6.10 Å². The summed E-state index contributed by atoms with van der Waals surface area (Å²) >= 11 is 0. The summed E-state index contributed by atoms with van der Waals surface area (Å²) in [6.07, 6.45) is -0.351. The number of fused-ring (bicyclic) bond motifs is 1. The Morgan fingerprint density at radius 2 is 1.76 bits per heavy atom. The Morgan fingerprint density at radius 3 is 2.47 bits per heavy atom. The van der Waals surface area contributed by atoms with Gasteiger partial charge in [-0.3, -0.25) is 0 Å². The first-order valence-corrected chi connectivity index (χ1v) is 5.94. The fraction of sp³-hybridized carbons (Fsp3) is 0.333. The molecule has 2 N–H and O–H groups in total. The Hall–Kier alpha value is -1.38. The second-order valence-electron chi connectivity index (χ2n) is 4.68. The smallest absolute Gasteiger partial charge is 0.108 e. The maximum atomic E-state index is 10.3. The van der Waals surface area contributed by atoms with Crippen LogP contribution in [0.4, 0.5) is 0 Å². The van der Waals surface area contributed by atoms with Crippen LogP contribution in [0.3, 0.4) is 0 Å². The average Bonchev–Trinajstić information content (AvgIpc) is 2.37. The van der Waals surface area contributed by atoms with E-state index in [9.17, 15) is 10.2 Å². The standard InChI is InChI=1S/C15H18O2/c1-3-15(2,17)14(16)13-10-6-8-11-7-4-5-9-12(11)13/h4-10,14,16-17H,3H2,1-2H3. The Balaban J connectivity index is 2.56. The van der Waals surface area contributed by atoms with Crippen molar-refractivity contribution in [3.05, 3.63) is 48.0 Å². The van der Waals surface area contributed by atoms with Gasteiger partial charge in [-0.2, -0.15) is 0 Å². The second kappa shape index (κ2) is 4.47. The predicted molar refractivity (Wildman–Crippen MR) is 69.8 cm³/mol. The minimum absolute atomic E-state index is 0.511. The van der Waals surface area contributed by atoms with E-state index in [0.29, 0.717) is 6.42 Å². The summed E-state index contributed by atoms with van der Waals surface area (Å²) in [6, 6.07) is 13.7. The summed E-state index contributed by atoms with van der Waals surface area (Å²) < 4.78 is 0. The van der Waals surface area contributed by atoms with E-state index in [4.69, 9.17) is 0 Å². The lowest BCUT2D eigenvalue weighted by molar-refractivity contribution is -0.0651. The molecular formula is C15H18O2. The molecule has 0 aliphatic heterocycles. The van der Waals surface area contributed by atoms with Crippen LogP contribution in [0.2, 0.25) is 0 Å². The molecule has 0 heterocycles. The Kier molecular flexibility index (Phi) is 3.18. The highest BCUT2D eigenvalue weighted by atomic mass is 16.3. The molecule has 0 aliphatic carbocycles. The fourth-order valence-electron chi connectivity index (χ4n) is 2.02. The Labute approximate surface area is 102 Å². The molecule has 2 rings (SSSR count). The third-order valence-electron chi connectivity index (χ3n) is 3.42. The molecule has 0 fully saturated rings. The van der Waals surface area contributed by atoms with Gasteiger partial charge in [0.25, 0.3) is 0 Å². The molecule has 0 aliphatic rings. The van der Waals surface area contributed by atoms with Gasteiger partial charge < -0.3 is 10.2 Å². The summed E-state index contributed by atoms with van der Waals surface area (Å²) in [5.41, 5.74) is -0.306. The normalized spacial score (nSPS) is 16.7. The van der Waals surface area contributed by atoms with E-state index in [1.54, 1.807) is 6.92 Å². The molecule has 0 spiro atoms. The van der Waals surface area contributed by atoms with Crippen LogP contribution in [-0.4, -0.2) is 15.8 Å². The molecular weight excluding hydrogens is 212 g/mol. The largest absolute Gasteiger partial charge is 0.387 e. The lowest BCUT2D eigenvalue weighted by Gasteiger charge is -2.28. The summed E-state index contributed by atoms with van der Waals surface area (Å²) in [5.74, 6) is 0. The van der Waals surface area contributed by atoms with E-state index >= 15 is 0 Å². The fourth-order valence-corrected chi connectivity index (χ4v) is 2.02. The van der Waals surface area contributed by atoms with Gasteiger partial charge in [-0.1, -0.05) is 49.4 Å². The molecule has 17 heavy (non-hydrogen) atoms. The molecule has 2 unspecified atom stereocenters. The third-order valence-corrected chi connectivity index (χ3v) is 3.42. The van der Waals surface area contributed by atoms with Crippen molar-refractivity contribution in [2.75, 3.05) is 0 Å². The van der Waals surface area contributed by atoms with Crippen molar-refractivity contribution >= 4 is 10.8 Å². The van der Waals surface area contributed by atoms with Crippen molar-refractivity contribution in [3.8, 4) is 0 Å². The zero-order valence-electron chi connectivity index (χ0n) is 10.2. The number of rotatable bonds is 3. The highest BCUT2D eigenvalue weighted by Crippen LogP contribution is 2.32. The van der Waals surface area contributed by atoms with Crippen LogP contribution in [0.1, 0.15) is 31.9 Å². The molecule has 2 heteroatoms. The highest BCUT2D eigenvalue weighted by molar-refractivity contribution is 5.86. The predicted octanol–water partition coefficient (Wildman–Crippen LogP) is 3.03. The molecule has 0 radical (unpaired) electrons. The number of hydrogen-bond acceptors (Lipinski definition) is 2. The maximum Gasteiger partial charge on any atom is 0.108 e. The average molecular weight is 230 g/mol. The molecule has 2 aromatic rings. The van der Waals surface area contributed by atoms with Gasteiger partial charge in [0, 0.05) is 0 Å². The van der Waals surface area contributed by atoms with Gasteiger partial charge in [0.15, 0.2) is 0 Å². The van der Waals surface area contributed by atoms with E-state index in [-0.39, 0.29) is 0 Å². The summed E-state index contributed by atoms with van der Waals surface area (Å²) in [6.45, 7) is 3.54. The van der Waals surface area contributed by atoms with Crippen LogP contribution in [0, 0.1) is 0 Å². The molecule has 0 saturated heterocycles. The molecule has 2 aromatic carbocycles. The molecule has 90 valence electrons. The first kappa shape index (κ1) is 12.1. The van der Waals surface area contributed by atoms with E-state index in [1.165, 1.54) is 0 Å². The van der Waals surface area contributed by atoms with Gasteiger partial charge in [-0.05, 0) is 29.7 Å². The van der Waals surface area contributed by atoms with Crippen molar-refractivity contribution in [1.82, 2.24) is 0 Å². The van der Waals surface area contributed by atoms with Crippen LogP contribution in [0.25, 0.3) is 10.8 Å². The maximum absolute atomic E-state index is 10.3. The SMILES string of the molecule is CCC(C)(O)C(O)c1cccc2ccccc12. The van der Waals surface area contributed by atoms with Crippen LogP contribution < -0.4 is 0 Å². The number of aliphatic hydroxyl groups is 2.